The van der Waals surface area contributed by atoms with Gasteiger partial charge in [0, 0.05) is 17.1 Å². The Labute approximate surface area is 177 Å². The van der Waals surface area contributed by atoms with Crippen molar-refractivity contribution >= 4 is 29.1 Å². The number of hydrogen-bond acceptors (Lipinski definition) is 5. The maximum Gasteiger partial charge on any atom is 0.192 e. The van der Waals surface area contributed by atoms with Crippen molar-refractivity contribution in [2.24, 2.45) is 0 Å². The minimum atomic E-state index is -0.366. The van der Waals surface area contributed by atoms with Crippen molar-refractivity contribution < 1.29 is 13.9 Å². The summed E-state index contributed by atoms with van der Waals surface area (Å²) in [6, 6.07) is 12.5. The second kappa shape index (κ2) is 9.71. The Hall–Kier alpha value is -2.64. The Morgan fingerprint density at radius 3 is 2.59 bits per heavy atom. The molecule has 1 aromatic heterocycles. The van der Waals surface area contributed by atoms with Gasteiger partial charge in [-0.2, -0.15) is 0 Å². The van der Waals surface area contributed by atoms with E-state index in [1.54, 1.807) is 42.5 Å². The fraction of sp³-hybridized carbons (Fsp3) is 0.190. The van der Waals surface area contributed by atoms with E-state index in [1.165, 1.54) is 23.9 Å². The lowest BCUT2D eigenvalue weighted by molar-refractivity contribution is 0.0994. The monoisotopic (exact) mass is 431 g/mol. The zero-order chi connectivity index (χ0) is 20.8. The number of Topliss-reactive ketones (excluding diaryl/α,β-unsaturated/α-hetero) is 1. The highest BCUT2D eigenvalue weighted by Crippen LogP contribution is 2.26. The van der Waals surface area contributed by atoms with Crippen molar-refractivity contribution in [2.45, 2.75) is 30.5 Å². The van der Waals surface area contributed by atoms with Crippen molar-refractivity contribution in [3.8, 4) is 5.75 Å². The molecule has 2 aromatic carbocycles. The van der Waals surface area contributed by atoms with E-state index in [0.717, 1.165) is 0 Å². The second-order valence-corrected chi connectivity index (χ2v) is 7.92. The predicted octanol–water partition coefficient (Wildman–Crippen LogP) is 5.20. The van der Waals surface area contributed by atoms with E-state index in [4.69, 9.17) is 16.3 Å². The molecule has 3 aromatic rings. The number of nitrogens with zero attached hydrogens (tertiary/aromatic N) is 3. The van der Waals surface area contributed by atoms with Gasteiger partial charge in [0.1, 0.15) is 18.2 Å². The van der Waals surface area contributed by atoms with E-state index in [2.05, 4.69) is 16.8 Å². The van der Waals surface area contributed by atoms with Crippen LogP contribution >= 0.6 is 23.4 Å². The molecule has 3 rings (SSSR count). The van der Waals surface area contributed by atoms with Crippen LogP contribution in [0.25, 0.3) is 0 Å². The molecule has 0 aliphatic heterocycles. The molecule has 150 valence electrons. The minimum absolute atomic E-state index is 0.0241. The van der Waals surface area contributed by atoms with Gasteiger partial charge in [0.05, 0.1) is 5.25 Å². The Balaban J connectivity index is 1.71. The summed E-state index contributed by atoms with van der Waals surface area (Å²) in [5.74, 6) is 0.761. The summed E-state index contributed by atoms with van der Waals surface area (Å²) in [6.45, 7) is 6.22. The van der Waals surface area contributed by atoms with E-state index in [-0.39, 0.29) is 23.5 Å². The van der Waals surface area contributed by atoms with E-state index in [9.17, 15) is 9.18 Å². The van der Waals surface area contributed by atoms with Crippen LogP contribution < -0.4 is 4.74 Å². The molecule has 8 heteroatoms. The van der Waals surface area contributed by atoms with E-state index < -0.39 is 0 Å². The van der Waals surface area contributed by atoms with Crippen LogP contribution in [0.2, 0.25) is 5.02 Å². The van der Waals surface area contributed by atoms with Crippen molar-refractivity contribution in [3.05, 3.63) is 83.4 Å². The smallest absolute Gasteiger partial charge is 0.192 e. The summed E-state index contributed by atoms with van der Waals surface area (Å²) in [7, 11) is 0. The van der Waals surface area contributed by atoms with E-state index >= 15 is 0 Å². The number of ether oxygens (including phenoxy) is 1. The summed E-state index contributed by atoms with van der Waals surface area (Å²) < 4.78 is 20.5. The molecule has 1 atom stereocenters. The third-order valence-electron chi connectivity index (χ3n) is 4.07. The Kier molecular flexibility index (Phi) is 7.06. The van der Waals surface area contributed by atoms with Crippen molar-refractivity contribution in [1.29, 1.82) is 0 Å². The lowest BCUT2D eigenvalue weighted by Gasteiger charge is -2.12. The first kappa shape index (κ1) is 21.1. The lowest BCUT2D eigenvalue weighted by Crippen LogP contribution is -2.15. The first-order valence-corrected chi connectivity index (χ1v) is 10.1. The third-order valence-corrected chi connectivity index (χ3v) is 5.40. The predicted molar refractivity (Wildman–Crippen MR) is 112 cm³/mol. The van der Waals surface area contributed by atoms with Crippen molar-refractivity contribution in [1.82, 2.24) is 14.8 Å². The number of carbonyl (C=O) groups excluding carboxylic acids is 1. The molecule has 0 bridgehead atoms. The Morgan fingerprint density at radius 1 is 1.24 bits per heavy atom. The van der Waals surface area contributed by atoms with Gasteiger partial charge in [0.15, 0.2) is 16.8 Å². The van der Waals surface area contributed by atoms with Gasteiger partial charge in [0.25, 0.3) is 0 Å². The molecule has 0 saturated carbocycles. The van der Waals surface area contributed by atoms with Gasteiger partial charge in [-0.3, -0.25) is 9.36 Å². The van der Waals surface area contributed by atoms with Crippen LogP contribution in [0, 0.1) is 5.82 Å². The van der Waals surface area contributed by atoms with Gasteiger partial charge in [0.2, 0.25) is 0 Å². The molecule has 0 fully saturated rings. The summed E-state index contributed by atoms with van der Waals surface area (Å²) in [5.41, 5.74) is 0.587. The summed E-state index contributed by atoms with van der Waals surface area (Å²) in [5, 5.41) is 9.20. The first-order valence-electron chi connectivity index (χ1n) is 8.85. The lowest BCUT2D eigenvalue weighted by atomic mass is 10.1. The van der Waals surface area contributed by atoms with Crippen LogP contribution in [0.15, 0.2) is 66.3 Å². The molecule has 1 heterocycles. The van der Waals surface area contributed by atoms with Crippen LogP contribution in [-0.2, 0) is 13.2 Å². The van der Waals surface area contributed by atoms with Gasteiger partial charge >= 0.3 is 0 Å². The van der Waals surface area contributed by atoms with Crippen molar-refractivity contribution in [2.75, 3.05) is 0 Å². The molecule has 0 radical (unpaired) electrons. The fourth-order valence-corrected chi connectivity index (χ4v) is 3.65. The molecular weight excluding hydrogens is 413 g/mol. The van der Waals surface area contributed by atoms with Crippen LogP contribution in [-0.4, -0.2) is 25.8 Å². The Morgan fingerprint density at radius 2 is 1.93 bits per heavy atom. The summed E-state index contributed by atoms with van der Waals surface area (Å²) >= 11 is 7.20. The number of hydrogen-bond donors (Lipinski definition) is 0. The fourth-order valence-electron chi connectivity index (χ4n) is 2.56. The normalized spacial score (nSPS) is 11.8. The molecule has 5 nitrogen and oxygen atoms in total. The standard InChI is InChI=1S/C21H19ClFN3O2S/c1-3-12-26-19(13-28-18-10-8-17(23)9-11-18)24-25-21(26)29-14(2)20(27)15-4-6-16(22)7-5-15/h3-11,14H,1,12-13H2,2H3. The van der Waals surface area contributed by atoms with Crippen LogP contribution in [0.1, 0.15) is 23.1 Å². The highest BCUT2D eigenvalue weighted by molar-refractivity contribution is 8.00. The highest BCUT2D eigenvalue weighted by Gasteiger charge is 2.21. The molecular formula is C21H19ClFN3O2S. The number of rotatable bonds is 9. The molecule has 0 N–H and O–H groups in total. The first-order chi connectivity index (χ1) is 14.0. The quantitative estimate of drug-likeness (QED) is 0.265. The molecule has 29 heavy (non-hydrogen) atoms. The number of carbonyl (C=O) groups is 1. The number of thioether (sulfide) groups is 1. The second-order valence-electron chi connectivity index (χ2n) is 6.17. The zero-order valence-corrected chi connectivity index (χ0v) is 17.3. The minimum Gasteiger partial charge on any atom is -0.486 e. The maximum absolute atomic E-state index is 13.0. The van der Waals surface area contributed by atoms with Crippen LogP contribution in [0.3, 0.4) is 0 Å². The summed E-state index contributed by atoms with van der Waals surface area (Å²) in [6.07, 6.45) is 1.72. The van der Waals surface area contributed by atoms with Crippen LogP contribution in [0.4, 0.5) is 4.39 Å². The van der Waals surface area contributed by atoms with E-state index in [1.807, 2.05) is 11.5 Å². The molecule has 0 aliphatic rings. The highest BCUT2D eigenvalue weighted by atomic mass is 35.5. The van der Waals surface area contributed by atoms with Gasteiger partial charge in [-0.05, 0) is 55.5 Å². The maximum atomic E-state index is 13.0. The SMILES string of the molecule is C=CCn1c(COc2ccc(F)cc2)nnc1SC(C)C(=O)c1ccc(Cl)cc1. The van der Waals surface area contributed by atoms with Gasteiger partial charge < -0.3 is 4.74 Å². The number of aromatic nitrogens is 3. The number of allylic oxidation sites excluding steroid dienone is 1. The van der Waals surface area contributed by atoms with E-state index in [0.29, 0.717) is 33.9 Å². The molecule has 0 spiro atoms. The van der Waals surface area contributed by atoms with Gasteiger partial charge in [-0.1, -0.05) is 29.4 Å². The molecule has 0 saturated heterocycles. The van der Waals surface area contributed by atoms with Crippen molar-refractivity contribution in [3.63, 3.8) is 0 Å². The summed E-state index contributed by atoms with van der Waals surface area (Å²) in [4.78, 5) is 12.7. The largest absolute Gasteiger partial charge is 0.486 e. The number of halogens is 2. The Bertz CT molecular complexity index is 990. The van der Waals surface area contributed by atoms with Gasteiger partial charge in [-0.15, -0.1) is 16.8 Å². The molecule has 1 unspecified atom stereocenters. The number of benzene rings is 2. The number of ketones is 1. The third kappa shape index (κ3) is 5.46. The average molecular weight is 432 g/mol. The van der Waals surface area contributed by atoms with Crippen LogP contribution in [0.5, 0.6) is 5.75 Å². The van der Waals surface area contributed by atoms with Gasteiger partial charge in [-0.25, -0.2) is 4.39 Å². The zero-order valence-electron chi connectivity index (χ0n) is 15.7. The topological polar surface area (TPSA) is 57.0 Å². The molecule has 0 aliphatic carbocycles. The molecule has 0 amide bonds. The average Bonchev–Trinajstić information content (AvgIpc) is 3.09.